The molecule has 2 unspecified atom stereocenters. The van der Waals surface area contributed by atoms with Crippen molar-refractivity contribution in [2.75, 3.05) is 6.61 Å². The van der Waals surface area contributed by atoms with Gasteiger partial charge in [0.05, 0.1) is 18.8 Å². The van der Waals surface area contributed by atoms with Crippen LogP contribution in [0.15, 0.2) is 0 Å². The first-order valence-corrected chi connectivity index (χ1v) is 5.33. The fourth-order valence-electron chi connectivity index (χ4n) is 1.79. The zero-order valence-corrected chi connectivity index (χ0v) is 7.98. The second-order valence-corrected chi connectivity index (χ2v) is 4.32. The average molecular weight is 185 g/mol. The molecule has 0 radical (unpaired) electrons. The third-order valence-corrected chi connectivity index (χ3v) is 3.20. The van der Waals surface area contributed by atoms with Crippen molar-refractivity contribution in [1.82, 2.24) is 0 Å². The summed E-state index contributed by atoms with van der Waals surface area (Å²) in [5.41, 5.74) is 5.98. The molecule has 76 valence electrons. The van der Waals surface area contributed by atoms with Crippen LogP contribution in [0.1, 0.15) is 32.1 Å². The molecule has 0 aromatic rings. The molecule has 2 fully saturated rings. The van der Waals surface area contributed by atoms with Crippen LogP contribution in [0.25, 0.3) is 0 Å². The van der Waals surface area contributed by atoms with E-state index < -0.39 is 0 Å². The molecule has 2 rings (SSSR count). The summed E-state index contributed by atoms with van der Waals surface area (Å²) in [5, 5.41) is 9.14. The summed E-state index contributed by atoms with van der Waals surface area (Å²) in [5.74, 6) is 0.609. The average Bonchev–Trinajstić information content (AvgIpc) is 2.84. The van der Waals surface area contributed by atoms with Crippen molar-refractivity contribution in [3.63, 3.8) is 0 Å². The van der Waals surface area contributed by atoms with Gasteiger partial charge in [0.15, 0.2) is 0 Å². The lowest BCUT2D eigenvalue weighted by atomic mass is 9.95. The SMILES string of the molecule is NC(C1CC1)C(CO)OC1CCC1. The lowest BCUT2D eigenvalue weighted by molar-refractivity contribution is -0.0834. The minimum atomic E-state index is -0.113. The van der Waals surface area contributed by atoms with E-state index in [-0.39, 0.29) is 18.8 Å². The largest absolute Gasteiger partial charge is 0.394 e. The molecule has 2 aliphatic carbocycles. The van der Waals surface area contributed by atoms with Gasteiger partial charge < -0.3 is 15.6 Å². The number of aliphatic hydroxyl groups is 1. The van der Waals surface area contributed by atoms with E-state index in [4.69, 9.17) is 15.6 Å². The lowest BCUT2D eigenvalue weighted by Gasteiger charge is -2.32. The Labute approximate surface area is 79.3 Å². The fraction of sp³-hybridized carbons (Fsp3) is 1.00. The van der Waals surface area contributed by atoms with Gasteiger partial charge in [0.1, 0.15) is 0 Å². The Morgan fingerprint density at radius 2 is 2.00 bits per heavy atom. The van der Waals surface area contributed by atoms with Gasteiger partial charge in [-0.3, -0.25) is 0 Å². The van der Waals surface area contributed by atoms with E-state index in [1.54, 1.807) is 0 Å². The first-order valence-electron chi connectivity index (χ1n) is 5.33. The van der Waals surface area contributed by atoms with E-state index in [1.807, 2.05) is 0 Å². The summed E-state index contributed by atoms with van der Waals surface area (Å²) in [6, 6.07) is 0.0607. The monoisotopic (exact) mass is 185 g/mol. The summed E-state index contributed by atoms with van der Waals surface area (Å²) in [6.45, 7) is 0.0775. The smallest absolute Gasteiger partial charge is 0.0962 e. The second kappa shape index (κ2) is 3.95. The molecule has 2 saturated carbocycles. The molecule has 2 atom stereocenters. The normalized spacial score (nSPS) is 28.2. The van der Waals surface area contributed by atoms with Crippen LogP contribution in [0.4, 0.5) is 0 Å². The van der Waals surface area contributed by atoms with Crippen LogP contribution in [0, 0.1) is 5.92 Å². The quantitative estimate of drug-likeness (QED) is 0.661. The first-order chi connectivity index (χ1) is 6.31. The topological polar surface area (TPSA) is 55.5 Å². The van der Waals surface area contributed by atoms with Crippen LogP contribution < -0.4 is 5.73 Å². The van der Waals surface area contributed by atoms with Gasteiger partial charge in [-0.05, 0) is 38.0 Å². The van der Waals surface area contributed by atoms with E-state index in [9.17, 15) is 0 Å². The third-order valence-electron chi connectivity index (χ3n) is 3.20. The van der Waals surface area contributed by atoms with Crippen molar-refractivity contribution < 1.29 is 9.84 Å². The van der Waals surface area contributed by atoms with Gasteiger partial charge in [0.2, 0.25) is 0 Å². The third kappa shape index (κ3) is 2.22. The van der Waals surface area contributed by atoms with Crippen molar-refractivity contribution in [3.05, 3.63) is 0 Å². The van der Waals surface area contributed by atoms with Crippen LogP contribution in [-0.4, -0.2) is 30.0 Å². The molecule has 0 bridgehead atoms. The molecular formula is C10H19NO2. The van der Waals surface area contributed by atoms with E-state index in [2.05, 4.69) is 0 Å². The summed E-state index contributed by atoms with van der Waals surface area (Å²) >= 11 is 0. The standard InChI is InChI=1S/C10H19NO2/c11-10(7-4-5-7)9(6-12)13-8-2-1-3-8/h7-10,12H,1-6,11H2. The van der Waals surface area contributed by atoms with Crippen LogP contribution in [0.3, 0.4) is 0 Å². The minimum Gasteiger partial charge on any atom is -0.394 e. The van der Waals surface area contributed by atoms with Gasteiger partial charge in [0, 0.05) is 6.04 Å². The van der Waals surface area contributed by atoms with Gasteiger partial charge in [-0.15, -0.1) is 0 Å². The van der Waals surface area contributed by atoms with E-state index >= 15 is 0 Å². The number of nitrogens with two attached hydrogens (primary N) is 1. The Morgan fingerprint density at radius 1 is 1.31 bits per heavy atom. The molecule has 0 saturated heterocycles. The molecule has 3 N–H and O–H groups in total. The van der Waals surface area contributed by atoms with Gasteiger partial charge in [-0.2, -0.15) is 0 Å². The molecule has 0 amide bonds. The molecular weight excluding hydrogens is 166 g/mol. The minimum absolute atomic E-state index is 0.0607. The number of rotatable bonds is 5. The van der Waals surface area contributed by atoms with Crippen LogP contribution in [0.2, 0.25) is 0 Å². The molecule has 0 heterocycles. The zero-order chi connectivity index (χ0) is 9.26. The molecule has 13 heavy (non-hydrogen) atoms. The number of hydrogen-bond acceptors (Lipinski definition) is 3. The number of hydrogen-bond donors (Lipinski definition) is 2. The van der Waals surface area contributed by atoms with E-state index in [0.29, 0.717) is 12.0 Å². The lowest BCUT2D eigenvalue weighted by Crippen LogP contribution is -2.44. The van der Waals surface area contributed by atoms with Gasteiger partial charge in [-0.1, -0.05) is 0 Å². The molecule has 3 nitrogen and oxygen atoms in total. The molecule has 3 heteroatoms. The summed E-state index contributed by atoms with van der Waals surface area (Å²) in [6.07, 6.45) is 6.25. The maximum atomic E-state index is 9.14. The Balaban J connectivity index is 1.76. The molecule has 0 aromatic heterocycles. The Morgan fingerprint density at radius 3 is 2.38 bits per heavy atom. The highest BCUT2D eigenvalue weighted by Gasteiger charge is 2.36. The maximum Gasteiger partial charge on any atom is 0.0962 e. The van der Waals surface area contributed by atoms with E-state index in [1.165, 1.54) is 19.3 Å². The van der Waals surface area contributed by atoms with Crippen LogP contribution >= 0.6 is 0 Å². The summed E-state index contributed by atoms with van der Waals surface area (Å²) in [7, 11) is 0. The molecule has 2 aliphatic rings. The summed E-state index contributed by atoms with van der Waals surface area (Å²) < 4.78 is 5.72. The van der Waals surface area contributed by atoms with Crippen LogP contribution in [0.5, 0.6) is 0 Å². The summed E-state index contributed by atoms with van der Waals surface area (Å²) in [4.78, 5) is 0. The van der Waals surface area contributed by atoms with Crippen molar-refractivity contribution in [2.24, 2.45) is 11.7 Å². The maximum absolute atomic E-state index is 9.14. The molecule has 0 aliphatic heterocycles. The zero-order valence-electron chi connectivity index (χ0n) is 7.98. The van der Waals surface area contributed by atoms with E-state index in [0.717, 1.165) is 12.8 Å². The molecule has 0 spiro atoms. The Bertz CT molecular complexity index is 166. The Kier molecular flexibility index (Phi) is 2.86. The predicted molar refractivity (Wildman–Crippen MR) is 50.3 cm³/mol. The predicted octanol–water partition coefficient (Wildman–Crippen LogP) is 0.654. The van der Waals surface area contributed by atoms with Crippen molar-refractivity contribution >= 4 is 0 Å². The van der Waals surface area contributed by atoms with Gasteiger partial charge in [0.25, 0.3) is 0 Å². The highest BCUT2D eigenvalue weighted by molar-refractivity contribution is 4.90. The van der Waals surface area contributed by atoms with Gasteiger partial charge in [-0.25, -0.2) is 0 Å². The first kappa shape index (κ1) is 9.44. The number of aliphatic hydroxyl groups excluding tert-OH is 1. The highest BCUT2D eigenvalue weighted by atomic mass is 16.5. The van der Waals surface area contributed by atoms with Crippen molar-refractivity contribution in [3.8, 4) is 0 Å². The second-order valence-electron chi connectivity index (χ2n) is 4.32. The van der Waals surface area contributed by atoms with Gasteiger partial charge >= 0.3 is 0 Å². The van der Waals surface area contributed by atoms with Crippen LogP contribution in [-0.2, 0) is 4.74 Å². The molecule has 0 aromatic carbocycles. The highest BCUT2D eigenvalue weighted by Crippen LogP contribution is 2.34. The Hall–Kier alpha value is -0.120. The van der Waals surface area contributed by atoms with Crippen molar-refractivity contribution in [2.45, 2.75) is 50.4 Å². The fourth-order valence-corrected chi connectivity index (χ4v) is 1.79. The van der Waals surface area contributed by atoms with Crippen molar-refractivity contribution in [1.29, 1.82) is 0 Å². The number of ether oxygens (including phenoxy) is 1.